The summed E-state index contributed by atoms with van der Waals surface area (Å²) in [5.41, 5.74) is 3.81. The van der Waals surface area contributed by atoms with Gasteiger partial charge < -0.3 is 15.8 Å². The lowest BCUT2D eigenvalue weighted by Gasteiger charge is -2.14. The average Bonchev–Trinajstić information content (AvgIpc) is 2.28. The van der Waals surface area contributed by atoms with Gasteiger partial charge in [0, 0.05) is 0 Å². The largest absolute Gasteiger partial charge is 0.453 e. The maximum Gasteiger partial charge on any atom is 0.420 e. The standard InChI is InChI=1S/C9H9F3N4O2S/c1-18-8(17)15-4-2-5(9(10,11)12)6(14-3-4)16-7(13)19/h2-3H,1H3,(H,15,17)(H3,13,14,16,19). The summed E-state index contributed by atoms with van der Waals surface area (Å²) in [6.45, 7) is 0. The number of hydrogen-bond donors (Lipinski definition) is 3. The van der Waals surface area contributed by atoms with Crippen LogP contribution in [0.15, 0.2) is 12.3 Å². The van der Waals surface area contributed by atoms with Crippen LogP contribution in [0.1, 0.15) is 5.56 Å². The highest BCUT2D eigenvalue weighted by Crippen LogP contribution is 2.35. The number of amides is 1. The zero-order chi connectivity index (χ0) is 14.6. The van der Waals surface area contributed by atoms with Crippen molar-refractivity contribution < 1.29 is 22.7 Å². The molecule has 0 unspecified atom stereocenters. The summed E-state index contributed by atoms with van der Waals surface area (Å²) in [6, 6.07) is 0.685. The highest BCUT2D eigenvalue weighted by Gasteiger charge is 2.35. The highest BCUT2D eigenvalue weighted by molar-refractivity contribution is 7.80. The minimum Gasteiger partial charge on any atom is -0.453 e. The van der Waals surface area contributed by atoms with Gasteiger partial charge in [0.1, 0.15) is 11.4 Å². The molecule has 0 aromatic carbocycles. The number of carbonyl (C=O) groups is 1. The van der Waals surface area contributed by atoms with Crippen molar-refractivity contribution in [2.45, 2.75) is 6.18 Å². The van der Waals surface area contributed by atoms with E-state index in [2.05, 4.69) is 32.6 Å². The molecule has 1 rings (SSSR count). The van der Waals surface area contributed by atoms with Crippen molar-refractivity contribution in [3.63, 3.8) is 0 Å². The van der Waals surface area contributed by atoms with Crippen LogP contribution in [0.5, 0.6) is 0 Å². The van der Waals surface area contributed by atoms with Gasteiger partial charge in [0.25, 0.3) is 0 Å². The molecule has 104 valence electrons. The Morgan fingerprint density at radius 3 is 2.58 bits per heavy atom. The predicted octanol–water partition coefficient (Wildman–Crippen LogP) is 1.93. The number of rotatable bonds is 2. The van der Waals surface area contributed by atoms with E-state index in [0.717, 1.165) is 13.3 Å². The van der Waals surface area contributed by atoms with E-state index >= 15 is 0 Å². The highest BCUT2D eigenvalue weighted by atomic mass is 32.1. The smallest absolute Gasteiger partial charge is 0.420 e. The number of hydrogen-bond acceptors (Lipinski definition) is 4. The monoisotopic (exact) mass is 294 g/mol. The molecule has 0 saturated heterocycles. The summed E-state index contributed by atoms with van der Waals surface area (Å²) < 4.78 is 42.6. The lowest BCUT2D eigenvalue weighted by molar-refractivity contribution is -0.137. The maximum atomic E-state index is 12.8. The maximum absolute atomic E-state index is 12.8. The van der Waals surface area contributed by atoms with Crippen molar-refractivity contribution in [3.05, 3.63) is 17.8 Å². The van der Waals surface area contributed by atoms with E-state index in [1.807, 2.05) is 0 Å². The van der Waals surface area contributed by atoms with E-state index in [1.165, 1.54) is 0 Å². The van der Waals surface area contributed by atoms with E-state index < -0.39 is 23.7 Å². The molecule has 6 nitrogen and oxygen atoms in total. The summed E-state index contributed by atoms with van der Waals surface area (Å²) in [5, 5.41) is 3.82. The molecule has 0 aliphatic heterocycles. The van der Waals surface area contributed by atoms with Crippen molar-refractivity contribution in [3.8, 4) is 0 Å². The topological polar surface area (TPSA) is 89.3 Å². The van der Waals surface area contributed by atoms with Gasteiger partial charge in [-0.05, 0) is 18.3 Å². The lowest BCUT2D eigenvalue weighted by atomic mass is 10.2. The number of nitrogens with zero attached hydrogens (tertiary/aromatic N) is 1. The van der Waals surface area contributed by atoms with Crippen LogP contribution in [-0.2, 0) is 10.9 Å². The summed E-state index contributed by atoms with van der Waals surface area (Å²) in [7, 11) is 1.08. The van der Waals surface area contributed by atoms with Crippen LogP contribution in [0.25, 0.3) is 0 Å². The normalized spacial score (nSPS) is 10.7. The first-order valence-electron chi connectivity index (χ1n) is 4.72. The molecule has 0 saturated carbocycles. The number of carbonyl (C=O) groups excluding carboxylic acids is 1. The van der Waals surface area contributed by atoms with Gasteiger partial charge in [-0.2, -0.15) is 13.2 Å². The Labute approximate surface area is 111 Å². The number of alkyl halides is 3. The number of anilines is 2. The third-order valence-corrected chi connectivity index (χ3v) is 1.97. The Bertz CT molecular complexity index is 507. The predicted molar refractivity (Wildman–Crippen MR) is 65.7 cm³/mol. The van der Waals surface area contributed by atoms with Gasteiger partial charge in [0.15, 0.2) is 5.11 Å². The SMILES string of the molecule is COC(=O)Nc1cnc(NC(N)=S)c(C(F)(F)F)c1. The van der Waals surface area contributed by atoms with E-state index in [0.29, 0.717) is 6.07 Å². The molecule has 1 aromatic heterocycles. The minimum absolute atomic E-state index is 0.173. The van der Waals surface area contributed by atoms with E-state index in [9.17, 15) is 18.0 Å². The van der Waals surface area contributed by atoms with Gasteiger partial charge in [-0.25, -0.2) is 9.78 Å². The number of nitrogens with two attached hydrogens (primary N) is 1. The quantitative estimate of drug-likeness (QED) is 0.722. The molecule has 0 radical (unpaired) electrons. The summed E-state index contributed by atoms with van der Waals surface area (Å²) in [6.07, 6.45) is -4.59. The van der Waals surface area contributed by atoms with Crippen LogP contribution < -0.4 is 16.4 Å². The molecule has 0 atom stereocenters. The third kappa shape index (κ3) is 4.25. The van der Waals surface area contributed by atoms with Gasteiger partial charge in [0.05, 0.1) is 19.0 Å². The zero-order valence-corrected chi connectivity index (χ0v) is 10.4. The Balaban J connectivity index is 3.15. The number of thiocarbonyl (C=S) groups is 1. The molecule has 0 fully saturated rings. The van der Waals surface area contributed by atoms with Gasteiger partial charge in [-0.1, -0.05) is 0 Å². The van der Waals surface area contributed by atoms with Gasteiger partial charge in [0.2, 0.25) is 0 Å². The molecule has 1 aromatic rings. The Kier molecular flexibility index (Phi) is 4.48. The Morgan fingerprint density at radius 1 is 1.47 bits per heavy atom. The van der Waals surface area contributed by atoms with Gasteiger partial charge in [-0.3, -0.25) is 5.32 Å². The number of ether oxygens (including phenoxy) is 1. The van der Waals surface area contributed by atoms with Gasteiger partial charge in [-0.15, -0.1) is 0 Å². The first-order chi connectivity index (χ1) is 8.74. The second-order valence-corrected chi connectivity index (χ2v) is 3.66. The first kappa shape index (κ1) is 15.0. The molecule has 0 spiro atoms. The van der Waals surface area contributed by atoms with Crippen molar-refractivity contribution in [2.75, 3.05) is 17.7 Å². The fraction of sp³-hybridized carbons (Fsp3) is 0.222. The lowest BCUT2D eigenvalue weighted by Crippen LogP contribution is -2.23. The molecule has 4 N–H and O–H groups in total. The van der Waals surface area contributed by atoms with E-state index in [4.69, 9.17) is 5.73 Å². The number of aromatic nitrogens is 1. The summed E-state index contributed by atoms with van der Waals surface area (Å²) >= 11 is 4.45. The molecule has 10 heteroatoms. The molecule has 0 bridgehead atoms. The molecule has 0 aliphatic carbocycles. The molecule has 1 amide bonds. The molecule has 19 heavy (non-hydrogen) atoms. The van der Waals surface area contributed by atoms with E-state index in [1.54, 1.807) is 0 Å². The fourth-order valence-electron chi connectivity index (χ4n) is 1.13. The molecule has 1 heterocycles. The third-order valence-electron chi connectivity index (χ3n) is 1.87. The summed E-state index contributed by atoms with van der Waals surface area (Å²) in [4.78, 5) is 14.4. The van der Waals surface area contributed by atoms with Crippen molar-refractivity contribution in [1.82, 2.24) is 4.98 Å². The average molecular weight is 294 g/mol. The van der Waals surface area contributed by atoms with Crippen LogP contribution in [0, 0.1) is 0 Å². The van der Waals surface area contributed by atoms with Crippen molar-refractivity contribution >= 4 is 34.9 Å². The number of nitrogens with one attached hydrogen (secondary N) is 2. The Hall–Kier alpha value is -2.10. The van der Waals surface area contributed by atoms with Crippen LogP contribution in [0.3, 0.4) is 0 Å². The molecular weight excluding hydrogens is 285 g/mol. The van der Waals surface area contributed by atoms with Crippen LogP contribution in [0.2, 0.25) is 0 Å². The van der Waals surface area contributed by atoms with E-state index in [-0.39, 0.29) is 10.8 Å². The van der Waals surface area contributed by atoms with Crippen LogP contribution in [0.4, 0.5) is 29.5 Å². The second-order valence-electron chi connectivity index (χ2n) is 3.22. The van der Waals surface area contributed by atoms with Crippen LogP contribution >= 0.6 is 12.2 Å². The number of methoxy groups -OCH3 is 1. The Morgan fingerprint density at radius 2 is 2.11 bits per heavy atom. The molecular formula is C9H9F3N4O2S. The van der Waals surface area contributed by atoms with Crippen molar-refractivity contribution in [2.24, 2.45) is 5.73 Å². The molecule has 0 aliphatic rings. The summed E-state index contributed by atoms with van der Waals surface area (Å²) in [5.74, 6) is -0.546. The number of halogens is 3. The fourth-order valence-corrected chi connectivity index (χ4v) is 1.23. The minimum atomic E-state index is -4.69. The van der Waals surface area contributed by atoms with Crippen molar-refractivity contribution in [1.29, 1.82) is 0 Å². The second kappa shape index (κ2) is 5.69. The van der Waals surface area contributed by atoms with Crippen LogP contribution in [-0.4, -0.2) is 23.3 Å². The van der Waals surface area contributed by atoms with Gasteiger partial charge >= 0.3 is 12.3 Å². The number of pyridine rings is 1. The zero-order valence-electron chi connectivity index (χ0n) is 9.54. The first-order valence-corrected chi connectivity index (χ1v) is 5.13.